The van der Waals surface area contributed by atoms with E-state index < -0.39 is 0 Å². The minimum Gasteiger partial charge on any atom is -0.313 e. The first-order valence-electron chi connectivity index (χ1n) is 5.91. The van der Waals surface area contributed by atoms with Crippen LogP contribution in [0, 0.1) is 0 Å². The Hall–Kier alpha value is -1.27. The van der Waals surface area contributed by atoms with Crippen LogP contribution in [0.2, 0.25) is 0 Å². The van der Waals surface area contributed by atoms with Crippen LogP contribution in [-0.2, 0) is 19.4 Å². The maximum Gasteiger partial charge on any atom is 0.217 e. The Kier molecular flexibility index (Phi) is 2.90. The fourth-order valence-electron chi connectivity index (χ4n) is 2.20. The van der Waals surface area contributed by atoms with Crippen LogP contribution < -0.4 is 5.32 Å². The van der Waals surface area contributed by atoms with Crippen molar-refractivity contribution in [1.82, 2.24) is 25.1 Å². The predicted molar refractivity (Wildman–Crippen MR) is 66.4 cm³/mol. The van der Waals surface area contributed by atoms with Gasteiger partial charge in [0.1, 0.15) is 11.3 Å². The lowest BCUT2D eigenvalue weighted by molar-refractivity contribution is 0.654. The second-order valence-electron chi connectivity index (χ2n) is 4.22. The van der Waals surface area contributed by atoms with Crippen LogP contribution in [0.15, 0.2) is 6.33 Å². The lowest BCUT2D eigenvalue weighted by Crippen LogP contribution is -2.06. The number of nitrogens with one attached hydrogen (secondary N) is 1. The lowest BCUT2D eigenvalue weighted by Gasteiger charge is -2.11. The van der Waals surface area contributed by atoms with E-state index in [1.54, 1.807) is 11.3 Å². The first kappa shape index (κ1) is 10.9. The number of hydrogen-bond acceptors (Lipinski definition) is 5. The molecule has 1 aliphatic rings. The molecule has 0 fully saturated rings. The monoisotopic (exact) mass is 249 g/mol. The first-order chi connectivity index (χ1) is 8.38. The van der Waals surface area contributed by atoms with Crippen molar-refractivity contribution in [3.63, 3.8) is 0 Å². The summed E-state index contributed by atoms with van der Waals surface area (Å²) in [6.45, 7) is 0.772. The molecule has 1 N–H and O–H groups in total. The topological polar surface area (TPSA) is 55.6 Å². The minimum atomic E-state index is 0.772. The molecule has 0 unspecified atom stereocenters. The molecule has 0 aliphatic heterocycles. The number of aromatic nitrogens is 4. The van der Waals surface area contributed by atoms with Crippen LogP contribution in [0.3, 0.4) is 0 Å². The third-order valence-electron chi connectivity index (χ3n) is 3.02. The van der Waals surface area contributed by atoms with Crippen LogP contribution in [0.5, 0.6) is 0 Å². The standard InChI is InChI=1S/C11H15N5S/c1-12-6-10-14-15-11(17-10)16-7-13-8-4-2-3-5-9(8)16/h7,12H,2-6H2,1H3. The fourth-order valence-corrected chi connectivity index (χ4v) is 3.04. The van der Waals surface area contributed by atoms with Gasteiger partial charge in [0.25, 0.3) is 0 Å². The Labute approximate surface area is 104 Å². The molecule has 0 amide bonds. The van der Waals surface area contributed by atoms with Gasteiger partial charge in [-0.05, 0) is 32.7 Å². The summed E-state index contributed by atoms with van der Waals surface area (Å²) in [5.41, 5.74) is 2.56. The molecular formula is C11H15N5S. The van der Waals surface area contributed by atoms with Crippen molar-refractivity contribution in [2.45, 2.75) is 32.2 Å². The van der Waals surface area contributed by atoms with Gasteiger partial charge in [0.2, 0.25) is 5.13 Å². The molecule has 17 heavy (non-hydrogen) atoms. The van der Waals surface area contributed by atoms with Gasteiger partial charge < -0.3 is 5.32 Å². The highest BCUT2D eigenvalue weighted by molar-refractivity contribution is 7.13. The molecule has 0 saturated carbocycles. The summed E-state index contributed by atoms with van der Waals surface area (Å²) in [6, 6.07) is 0. The van der Waals surface area contributed by atoms with Gasteiger partial charge in [-0.1, -0.05) is 11.3 Å². The number of rotatable bonds is 3. The molecule has 0 bridgehead atoms. The molecular weight excluding hydrogens is 234 g/mol. The van der Waals surface area contributed by atoms with E-state index in [0.717, 1.165) is 29.5 Å². The zero-order valence-corrected chi connectivity index (χ0v) is 10.6. The largest absolute Gasteiger partial charge is 0.313 e. The van der Waals surface area contributed by atoms with Crippen molar-refractivity contribution >= 4 is 11.3 Å². The van der Waals surface area contributed by atoms with Crippen molar-refractivity contribution in [3.05, 3.63) is 22.7 Å². The second kappa shape index (κ2) is 4.54. The summed E-state index contributed by atoms with van der Waals surface area (Å²) in [5, 5.41) is 13.4. The zero-order chi connectivity index (χ0) is 11.7. The highest BCUT2D eigenvalue weighted by Crippen LogP contribution is 2.24. The van der Waals surface area contributed by atoms with Crippen molar-refractivity contribution in [2.75, 3.05) is 7.05 Å². The Balaban J connectivity index is 1.94. The predicted octanol–water partition coefficient (Wildman–Crippen LogP) is 1.32. The summed E-state index contributed by atoms with van der Waals surface area (Å²) in [6.07, 6.45) is 6.60. The van der Waals surface area contributed by atoms with E-state index in [1.165, 1.54) is 24.2 Å². The molecule has 2 heterocycles. The molecule has 90 valence electrons. The molecule has 6 heteroatoms. The van der Waals surface area contributed by atoms with E-state index in [-0.39, 0.29) is 0 Å². The molecule has 0 spiro atoms. The minimum absolute atomic E-state index is 0.772. The average molecular weight is 249 g/mol. The van der Waals surface area contributed by atoms with Gasteiger partial charge in [-0.25, -0.2) is 4.98 Å². The van der Waals surface area contributed by atoms with E-state index >= 15 is 0 Å². The SMILES string of the molecule is CNCc1nnc(-n2cnc3c2CCCC3)s1. The van der Waals surface area contributed by atoms with E-state index in [4.69, 9.17) is 0 Å². The van der Waals surface area contributed by atoms with Gasteiger partial charge >= 0.3 is 0 Å². The van der Waals surface area contributed by atoms with E-state index in [9.17, 15) is 0 Å². The molecule has 2 aromatic rings. The second-order valence-corrected chi connectivity index (χ2v) is 5.26. The van der Waals surface area contributed by atoms with Crippen LogP contribution in [0.1, 0.15) is 29.2 Å². The van der Waals surface area contributed by atoms with E-state index in [1.807, 2.05) is 13.4 Å². The third kappa shape index (κ3) is 1.98. The molecule has 3 rings (SSSR count). The van der Waals surface area contributed by atoms with Crippen LogP contribution in [0.4, 0.5) is 0 Å². The summed E-state index contributed by atoms with van der Waals surface area (Å²) < 4.78 is 2.10. The van der Waals surface area contributed by atoms with Crippen LogP contribution in [-0.4, -0.2) is 26.8 Å². The Morgan fingerprint density at radius 1 is 1.35 bits per heavy atom. The maximum absolute atomic E-state index is 4.47. The maximum atomic E-state index is 4.47. The Morgan fingerprint density at radius 3 is 3.12 bits per heavy atom. The zero-order valence-electron chi connectivity index (χ0n) is 9.81. The highest BCUT2D eigenvalue weighted by atomic mass is 32.1. The highest BCUT2D eigenvalue weighted by Gasteiger charge is 2.17. The smallest absolute Gasteiger partial charge is 0.217 e. The van der Waals surface area contributed by atoms with E-state index in [2.05, 4.69) is 25.1 Å². The number of aryl methyl sites for hydroxylation is 1. The third-order valence-corrected chi connectivity index (χ3v) is 3.94. The van der Waals surface area contributed by atoms with Crippen LogP contribution in [0.25, 0.3) is 5.13 Å². The number of fused-ring (bicyclic) bond motifs is 1. The molecule has 0 radical (unpaired) electrons. The van der Waals surface area contributed by atoms with E-state index in [0.29, 0.717) is 0 Å². The van der Waals surface area contributed by atoms with Crippen LogP contribution >= 0.6 is 11.3 Å². The number of nitrogens with zero attached hydrogens (tertiary/aromatic N) is 4. The normalized spacial score (nSPS) is 14.9. The lowest BCUT2D eigenvalue weighted by atomic mass is 10.0. The van der Waals surface area contributed by atoms with Gasteiger partial charge in [0.05, 0.1) is 5.69 Å². The molecule has 2 aromatic heterocycles. The quantitative estimate of drug-likeness (QED) is 0.891. The van der Waals surface area contributed by atoms with Crippen molar-refractivity contribution in [2.24, 2.45) is 0 Å². The number of hydrogen-bond donors (Lipinski definition) is 1. The summed E-state index contributed by atoms with van der Waals surface area (Å²) in [4.78, 5) is 4.47. The molecule has 1 aliphatic carbocycles. The van der Waals surface area contributed by atoms with Crippen molar-refractivity contribution < 1.29 is 0 Å². The van der Waals surface area contributed by atoms with Gasteiger partial charge in [-0.2, -0.15) is 0 Å². The number of imidazole rings is 1. The molecule has 0 aromatic carbocycles. The molecule has 0 atom stereocenters. The molecule has 5 nitrogen and oxygen atoms in total. The molecule has 0 saturated heterocycles. The summed E-state index contributed by atoms with van der Waals surface area (Å²) >= 11 is 1.63. The Morgan fingerprint density at radius 2 is 2.24 bits per heavy atom. The van der Waals surface area contributed by atoms with Crippen molar-refractivity contribution in [3.8, 4) is 5.13 Å². The Bertz CT molecular complexity index is 516. The first-order valence-corrected chi connectivity index (χ1v) is 6.72. The summed E-state index contributed by atoms with van der Waals surface area (Å²) in [7, 11) is 1.92. The summed E-state index contributed by atoms with van der Waals surface area (Å²) in [5.74, 6) is 0. The average Bonchev–Trinajstić information content (AvgIpc) is 2.95. The van der Waals surface area contributed by atoms with Crippen molar-refractivity contribution in [1.29, 1.82) is 0 Å². The van der Waals surface area contributed by atoms with Gasteiger partial charge in [0, 0.05) is 12.2 Å². The van der Waals surface area contributed by atoms with Gasteiger partial charge in [-0.15, -0.1) is 10.2 Å². The fraction of sp³-hybridized carbons (Fsp3) is 0.545. The van der Waals surface area contributed by atoms with Gasteiger partial charge in [-0.3, -0.25) is 4.57 Å². The van der Waals surface area contributed by atoms with Gasteiger partial charge in [0.15, 0.2) is 0 Å².